The van der Waals surface area contributed by atoms with Crippen molar-refractivity contribution in [3.8, 4) is 0 Å². The SMILES string of the molecule is Cl.Cl.Cl.Cl.O=[PH](O)O. The molecule has 3 nitrogen and oxygen atoms in total. The van der Waals surface area contributed by atoms with E-state index in [4.69, 9.17) is 14.4 Å². The molecule has 0 bridgehead atoms. The van der Waals surface area contributed by atoms with Gasteiger partial charge >= 0.3 is 8.25 Å². The van der Waals surface area contributed by atoms with E-state index in [1.807, 2.05) is 0 Å². The van der Waals surface area contributed by atoms with Crippen LogP contribution in [-0.2, 0) is 4.57 Å². The second-order valence-electron chi connectivity index (χ2n) is 0.283. The molecule has 8 heavy (non-hydrogen) atoms. The fourth-order valence-corrected chi connectivity index (χ4v) is 0. The molecule has 0 aliphatic heterocycles. The summed E-state index contributed by atoms with van der Waals surface area (Å²) in [5.41, 5.74) is 0. The van der Waals surface area contributed by atoms with Gasteiger partial charge in [0.05, 0.1) is 0 Å². The van der Waals surface area contributed by atoms with Gasteiger partial charge in [-0.1, -0.05) is 0 Å². The van der Waals surface area contributed by atoms with E-state index in [1.54, 1.807) is 0 Å². The van der Waals surface area contributed by atoms with E-state index in [-0.39, 0.29) is 49.6 Å². The topological polar surface area (TPSA) is 57.5 Å². The van der Waals surface area contributed by atoms with Crippen LogP contribution in [0, 0.1) is 0 Å². The van der Waals surface area contributed by atoms with E-state index >= 15 is 0 Å². The minimum Gasteiger partial charge on any atom is -0.326 e. The van der Waals surface area contributed by atoms with Gasteiger partial charge in [0.2, 0.25) is 0 Å². The summed E-state index contributed by atoms with van der Waals surface area (Å²) in [4.78, 5) is 14.3. The predicted molar refractivity (Wildman–Crippen MR) is 42.4 cm³/mol. The van der Waals surface area contributed by atoms with Crippen LogP contribution in [0.25, 0.3) is 0 Å². The van der Waals surface area contributed by atoms with Crippen LogP contribution >= 0.6 is 57.9 Å². The van der Waals surface area contributed by atoms with Crippen LogP contribution in [0.15, 0.2) is 0 Å². The molecular weight excluding hydrogens is 221 g/mol. The Morgan fingerprint density at radius 3 is 0.875 bits per heavy atom. The van der Waals surface area contributed by atoms with Gasteiger partial charge in [-0.05, 0) is 0 Å². The molecule has 0 aliphatic carbocycles. The van der Waals surface area contributed by atoms with E-state index in [9.17, 15) is 0 Å². The minimum absolute atomic E-state index is 0. The van der Waals surface area contributed by atoms with Crippen molar-refractivity contribution in [1.82, 2.24) is 0 Å². The molecule has 0 amide bonds. The molecule has 0 unspecified atom stereocenters. The number of hydrogen-bond acceptors (Lipinski definition) is 1. The van der Waals surface area contributed by atoms with Crippen molar-refractivity contribution in [1.29, 1.82) is 0 Å². The summed E-state index contributed by atoms with van der Waals surface area (Å²) in [6.45, 7) is 0. The molecule has 0 heterocycles. The zero-order valence-electron chi connectivity index (χ0n) is 3.44. The van der Waals surface area contributed by atoms with Crippen LogP contribution in [0.2, 0.25) is 0 Å². The van der Waals surface area contributed by atoms with E-state index in [1.165, 1.54) is 0 Å². The first-order valence-electron chi connectivity index (χ1n) is 0.651. The van der Waals surface area contributed by atoms with Gasteiger partial charge in [-0.2, -0.15) is 0 Å². The van der Waals surface area contributed by atoms with Crippen molar-refractivity contribution in [3.05, 3.63) is 0 Å². The van der Waals surface area contributed by atoms with Crippen molar-refractivity contribution in [2.45, 2.75) is 0 Å². The molecule has 0 saturated carbocycles. The summed E-state index contributed by atoms with van der Waals surface area (Å²) >= 11 is 0. The number of rotatable bonds is 0. The van der Waals surface area contributed by atoms with Crippen molar-refractivity contribution < 1.29 is 14.4 Å². The highest BCUT2D eigenvalue weighted by Crippen LogP contribution is 1.98. The van der Waals surface area contributed by atoms with E-state index in [0.29, 0.717) is 0 Å². The summed E-state index contributed by atoms with van der Waals surface area (Å²) in [6, 6.07) is 0. The quantitative estimate of drug-likeness (QED) is 0.609. The third kappa shape index (κ3) is 170. The Bertz CT molecular complexity index is 34.3. The average molecular weight is 228 g/mol. The second kappa shape index (κ2) is 23.9. The van der Waals surface area contributed by atoms with Gasteiger partial charge in [0.25, 0.3) is 0 Å². The van der Waals surface area contributed by atoms with Gasteiger partial charge < -0.3 is 9.79 Å². The molecule has 0 fully saturated rings. The molecule has 2 N–H and O–H groups in total. The highest BCUT2D eigenvalue weighted by Gasteiger charge is 1.61. The zero-order valence-corrected chi connectivity index (χ0v) is 7.70. The summed E-state index contributed by atoms with van der Waals surface area (Å²) in [6.07, 6.45) is 0. The molecule has 0 aromatic carbocycles. The van der Waals surface area contributed by atoms with E-state index < -0.39 is 8.25 Å². The summed E-state index contributed by atoms with van der Waals surface area (Å²) < 4.78 is 8.74. The molecule has 0 aromatic heterocycles. The molecule has 8 heteroatoms. The maximum Gasteiger partial charge on any atom is 0.314 e. The highest BCUT2D eigenvalue weighted by molar-refractivity contribution is 7.30. The Kier molecular flexibility index (Phi) is 103. The molecule has 0 atom stereocenters. The average Bonchev–Trinajstić information content (AvgIpc) is 0.811. The first-order chi connectivity index (χ1) is 1.73. The van der Waals surface area contributed by atoms with Gasteiger partial charge in [-0.25, -0.2) is 0 Å². The Balaban J connectivity index is -0.00000000750. The Morgan fingerprint density at radius 1 is 0.875 bits per heavy atom. The van der Waals surface area contributed by atoms with Crippen LogP contribution in [0.3, 0.4) is 0 Å². The predicted octanol–water partition coefficient (Wildman–Crippen LogP) is 1.05. The van der Waals surface area contributed by atoms with Gasteiger partial charge in [0, 0.05) is 0 Å². The van der Waals surface area contributed by atoms with Crippen LogP contribution < -0.4 is 0 Å². The zero-order chi connectivity index (χ0) is 3.58. The highest BCUT2D eigenvalue weighted by atomic mass is 35.5. The van der Waals surface area contributed by atoms with Gasteiger partial charge in [-0.3, -0.25) is 4.57 Å². The summed E-state index contributed by atoms with van der Waals surface area (Å²) in [5.74, 6) is 0. The van der Waals surface area contributed by atoms with Crippen LogP contribution in [0.5, 0.6) is 0 Å². The Labute approximate surface area is 72.5 Å². The van der Waals surface area contributed by atoms with Crippen molar-refractivity contribution >= 4 is 57.9 Å². The van der Waals surface area contributed by atoms with E-state index in [2.05, 4.69) is 0 Å². The number of halogens is 4. The lowest BCUT2D eigenvalue weighted by molar-refractivity contribution is 0.405. The normalized spacial score (nSPS) is 4.38. The molecule has 0 saturated heterocycles. The second-order valence-corrected chi connectivity index (χ2v) is 0.848. The maximum atomic E-state index is 8.74. The largest absolute Gasteiger partial charge is 0.326 e. The fourth-order valence-electron chi connectivity index (χ4n) is 0. The van der Waals surface area contributed by atoms with Crippen LogP contribution in [0.1, 0.15) is 0 Å². The Hall–Kier alpha value is 1.31. The smallest absolute Gasteiger partial charge is 0.314 e. The number of hydrogen-bond donors (Lipinski definition) is 2. The van der Waals surface area contributed by atoms with E-state index in [0.717, 1.165) is 0 Å². The van der Waals surface area contributed by atoms with Crippen molar-refractivity contribution in [3.63, 3.8) is 0 Å². The van der Waals surface area contributed by atoms with Crippen LogP contribution in [-0.4, -0.2) is 9.79 Å². The van der Waals surface area contributed by atoms with Crippen LogP contribution in [0.4, 0.5) is 0 Å². The lowest BCUT2D eigenvalue weighted by Crippen LogP contribution is -1.38. The molecule has 0 spiro atoms. The molecule has 0 radical (unpaired) electrons. The first kappa shape index (κ1) is 34.6. The lowest BCUT2D eigenvalue weighted by Gasteiger charge is -1.61. The summed E-state index contributed by atoms with van der Waals surface area (Å²) in [5, 5.41) is 0. The van der Waals surface area contributed by atoms with Gasteiger partial charge in [0.1, 0.15) is 0 Å². The summed E-state index contributed by atoms with van der Waals surface area (Å²) in [7, 11) is -3.13. The fraction of sp³-hybridized carbons (Fsp3) is 0. The van der Waals surface area contributed by atoms with Crippen molar-refractivity contribution in [2.75, 3.05) is 0 Å². The molecule has 0 rings (SSSR count). The molecule has 58 valence electrons. The standard InChI is InChI=1S/4ClH.H3O3P/c;;;;1-4(2)3/h4*1H;4H,(H2,1,2,3). The molecular formula is H7Cl4O3P. The van der Waals surface area contributed by atoms with Crippen molar-refractivity contribution in [2.24, 2.45) is 0 Å². The minimum atomic E-state index is -3.13. The third-order valence-electron chi connectivity index (χ3n) is 0. The molecule has 0 aromatic rings. The Morgan fingerprint density at radius 2 is 0.875 bits per heavy atom. The van der Waals surface area contributed by atoms with Gasteiger partial charge in [0.15, 0.2) is 0 Å². The lowest BCUT2D eigenvalue weighted by atomic mass is 15.8. The van der Waals surface area contributed by atoms with Gasteiger partial charge in [-0.15, -0.1) is 49.6 Å². The first-order valence-corrected chi connectivity index (χ1v) is 1.95. The third-order valence-corrected chi connectivity index (χ3v) is 0. The molecule has 0 aliphatic rings. The maximum absolute atomic E-state index is 8.74. The monoisotopic (exact) mass is 226 g/mol.